The number of hydrogen-bond donors (Lipinski definition) is 6. The first-order chi connectivity index (χ1) is 39.9. The molecule has 0 radical (unpaired) electrons. The maximum atomic E-state index is 13.7. The first-order valence-corrected chi connectivity index (χ1v) is 28.8. The van der Waals surface area contributed by atoms with Gasteiger partial charge in [-0.1, -0.05) is 48.5 Å². The number of esters is 2. The summed E-state index contributed by atoms with van der Waals surface area (Å²) in [4.78, 5) is 161. The van der Waals surface area contributed by atoms with Gasteiger partial charge in [0, 0.05) is 89.5 Å². The summed E-state index contributed by atoms with van der Waals surface area (Å²) in [7, 11) is 0. The molecule has 2 saturated heterocycles. The number of hydroxylamine groups is 2. The minimum atomic E-state index is -1.21. The number of ether oxygens (including phenoxy) is 2. The second-order valence-electron chi connectivity index (χ2n) is 20.9. The van der Waals surface area contributed by atoms with E-state index in [-0.39, 0.29) is 93.1 Å². The zero-order valence-corrected chi connectivity index (χ0v) is 49.3. The first kappa shape index (κ1) is 66.5. The molecule has 0 aliphatic carbocycles. The Bertz CT molecular complexity index is 2920. The molecular formula is C59H76N8O16S. The number of aryl methyl sites for hydroxylation is 1. The van der Waals surface area contributed by atoms with E-state index in [1.165, 1.54) is 34.9 Å². The normalized spacial score (nSPS) is 15.9. The van der Waals surface area contributed by atoms with Crippen molar-refractivity contribution >= 4 is 82.9 Å². The van der Waals surface area contributed by atoms with Crippen LogP contribution in [0.25, 0.3) is 0 Å². The summed E-state index contributed by atoms with van der Waals surface area (Å²) < 4.78 is 9.55. The number of carbonyl (C=O) groups excluding carboxylic acids is 11. The van der Waals surface area contributed by atoms with Gasteiger partial charge in [0.05, 0.1) is 12.1 Å². The van der Waals surface area contributed by atoms with Gasteiger partial charge in [-0.2, -0.15) is 5.06 Å². The molecule has 3 aromatic carbocycles. The highest BCUT2D eigenvalue weighted by atomic mass is 32.2. The van der Waals surface area contributed by atoms with Crippen LogP contribution in [-0.2, 0) is 52.8 Å². The van der Waals surface area contributed by atoms with Crippen LogP contribution in [0.5, 0.6) is 11.5 Å². The largest absolute Gasteiger partial charge is 0.480 e. The molecule has 8 amide bonds. The van der Waals surface area contributed by atoms with E-state index in [4.69, 9.17) is 14.3 Å². The van der Waals surface area contributed by atoms with E-state index in [0.717, 1.165) is 37.0 Å². The maximum absolute atomic E-state index is 13.7. The number of thioether (sulfide) groups is 1. The Hall–Kier alpha value is -8.35. The summed E-state index contributed by atoms with van der Waals surface area (Å²) in [5.41, 5.74) is 2.84. The number of nitrogens with one attached hydrogen (secondary N) is 5. The SMILES string of the molecule is CC(=O)Oc1cccc(C(=O)NCCCN(CCCCNC(=O)c2cccc(C)c2C)C(=O)CCC(=O)NCCCCCN(OC(C)=O)C(=O)CCCC(=O)NC(C(=O)N[C@@H]2C(=O)N3C2SC(C)(C)[C@@H]3C(=O)O)c2ccccc2)c1OC(C)=O. The minimum absolute atomic E-state index is 0.0289. The average Bonchev–Trinajstić information content (AvgIpc) is 2.30. The predicted octanol–water partition coefficient (Wildman–Crippen LogP) is 4.35. The van der Waals surface area contributed by atoms with E-state index >= 15 is 0 Å². The van der Waals surface area contributed by atoms with E-state index in [2.05, 4.69) is 26.6 Å². The second-order valence-corrected chi connectivity index (χ2v) is 22.6. The number of β-lactam (4-membered cyclic amide) rings is 1. The summed E-state index contributed by atoms with van der Waals surface area (Å²) in [6, 6.07) is 14.8. The number of aliphatic carboxylic acids is 1. The Morgan fingerprint density at radius 1 is 0.643 bits per heavy atom. The lowest BCUT2D eigenvalue weighted by Crippen LogP contribution is -2.71. The lowest BCUT2D eigenvalue weighted by Gasteiger charge is -2.44. The van der Waals surface area contributed by atoms with E-state index in [1.807, 2.05) is 26.0 Å². The molecule has 0 spiro atoms. The zero-order valence-electron chi connectivity index (χ0n) is 48.5. The van der Waals surface area contributed by atoms with Crippen molar-refractivity contribution in [2.75, 3.05) is 39.3 Å². The molecule has 4 atom stereocenters. The number of rotatable bonds is 31. The van der Waals surface area contributed by atoms with Crippen LogP contribution < -0.4 is 36.1 Å². The van der Waals surface area contributed by atoms with Crippen molar-refractivity contribution in [3.05, 3.63) is 94.5 Å². The van der Waals surface area contributed by atoms with E-state index in [1.54, 1.807) is 55.1 Å². The van der Waals surface area contributed by atoms with Crippen LogP contribution >= 0.6 is 11.8 Å². The van der Waals surface area contributed by atoms with Gasteiger partial charge in [0.15, 0.2) is 11.5 Å². The molecule has 0 aromatic heterocycles. The Morgan fingerprint density at radius 3 is 1.94 bits per heavy atom. The number of amides is 8. The first-order valence-electron chi connectivity index (χ1n) is 27.9. The smallest absolute Gasteiger partial charge is 0.329 e. The molecule has 2 unspecified atom stereocenters. The van der Waals surface area contributed by atoms with Crippen LogP contribution in [0.15, 0.2) is 66.7 Å². The third kappa shape index (κ3) is 19.4. The van der Waals surface area contributed by atoms with Crippen LogP contribution in [-0.4, -0.2) is 153 Å². The van der Waals surface area contributed by atoms with Crippen LogP contribution in [0, 0.1) is 13.8 Å². The fraction of sp³-hybridized carbons (Fsp3) is 0.492. The third-order valence-electron chi connectivity index (χ3n) is 13.9. The molecule has 2 aliphatic heterocycles. The highest BCUT2D eigenvalue weighted by Crippen LogP contribution is 2.51. The van der Waals surface area contributed by atoms with E-state index in [9.17, 15) is 62.6 Å². The number of carbonyl (C=O) groups is 12. The van der Waals surface area contributed by atoms with Crippen LogP contribution in [0.1, 0.15) is 149 Å². The summed E-state index contributed by atoms with van der Waals surface area (Å²) in [6.45, 7) is 11.9. The molecule has 3 aromatic rings. The standard InChI is InChI=1S/C59H76N8O16S/c1-36-20-16-23-42(37(36)2)53(75)61-31-13-15-33-65(34-19-32-62-54(76)43-24-17-25-44(81-38(3)68)51(43)82-39(4)69)47(73)29-28-45(71)60-30-12-9-14-35-66(83-40(5)70)48(74)27-18-26-46(72)63-49(41-21-10-8-11-22-41)55(77)64-50-56(78)67-52(58(79)80)59(6,7)84-57(50)67/h8,10-11,16-17,20-25,49-50,52,57H,9,12-15,18-19,26-35H2,1-7H3,(H,60,71)(H,61,75)(H,62,76)(H,63,72)(H,64,77)(H,79,80)/t49?,50-,52+,57?/m1/s1. The van der Waals surface area contributed by atoms with Crippen molar-refractivity contribution in [2.45, 2.75) is 147 Å². The van der Waals surface area contributed by atoms with Gasteiger partial charge in [0.1, 0.15) is 23.5 Å². The number of para-hydroxylation sites is 1. The van der Waals surface area contributed by atoms with Gasteiger partial charge in [-0.05, 0) is 108 Å². The zero-order chi connectivity index (χ0) is 61.7. The number of unbranched alkanes of at least 4 members (excludes halogenated alkanes) is 3. The Labute approximate surface area is 492 Å². The molecule has 0 saturated carbocycles. The summed E-state index contributed by atoms with van der Waals surface area (Å²) >= 11 is 1.27. The lowest BCUT2D eigenvalue weighted by atomic mass is 9.95. The lowest BCUT2D eigenvalue weighted by molar-refractivity contribution is -0.196. The third-order valence-corrected chi connectivity index (χ3v) is 15.4. The van der Waals surface area contributed by atoms with Gasteiger partial charge in [0.2, 0.25) is 29.5 Å². The monoisotopic (exact) mass is 1180 g/mol. The van der Waals surface area contributed by atoms with Gasteiger partial charge in [-0.25, -0.2) is 4.79 Å². The van der Waals surface area contributed by atoms with Crippen molar-refractivity contribution in [3.63, 3.8) is 0 Å². The quantitative estimate of drug-likeness (QED) is 0.0171. The van der Waals surface area contributed by atoms with Gasteiger partial charge < -0.3 is 55.8 Å². The Morgan fingerprint density at radius 2 is 1.26 bits per heavy atom. The van der Waals surface area contributed by atoms with Crippen LogP contribution in [0.4, 0.5) is 0 Å². The molecule has 2 aliphatic rings. The van der Waals surface area contributed by atoms with Crippen molar-refractivity contribution in [1.82, 2.24) is 41.4 Å². The van der Waals surface area contributed by atoms with Crippen molar-refractivity contribution in [2.24, 2.45) is 0 Å². The van der Waals surface area contributed by atoms with Gasteiger partial charge in [0.25, 0.3) is 17.7 Å². The predicted molar refractivity (Wildman–Crippen MR) is 306 cm³/mol. The second kappa shape index (κ2) is 31.9. The molecule has 0 bridgehead atoms. The summed E-state index contributed by atoms with van der Waals surface area (Å²) in [5.74, 6) is -7.45. The van der Waals surface area contributed by atoms with Crippen LogP contribution in [0.3, 0.4) is 0 Å². The van der Waals surface area contributed by atoms with E-state index < -0.39 is 81.7 Å². The number of benzene rings is 3. The van der Waals surface area contributed by atoms with Gasteiger partial charge in [-0.15, -0.1) is 11.8 Å². The highest BCUT2D eigenvalue weighted by Gasteiger charge is 2.64. The molecule has 2 fully saturated rings. The van der Waals surface area contributed by atoms with E-state index in [0.29, 0.717) is 62.7 Å². The number of nitrogens with zero attached hydrogens (tertiary/aromatic N) is 3. The van der Waals surface area contributed by atoms with Crippen molar-refractivity contribution in [1.29, 1.82) is 0 Å². The molecular weight excluding hydrogens is 1110 g/mol. The van der Waals surface area contributed by atoms with Crippen molar-refractivity contribution in [3.8, 4) is 11.5 Å². The molecule has 84 heavy (non-hydrogen) atoms. The Kier molecular flexibility index (Phi) is 25.2. The highest BCUT2D eigenvalue weighted by molar-refractivity contribution is 8.01. The average molecular weight is 1190 g/mol. The topological polar surface area (TPSA) is 323 Å². The molecule has 2 heterocycles. The fourth-order valence-electron chi connectivity index (χ4n) is 9.54. The molecule has 24 nitrogen and oxygen atoms in total. The van der Waals surface area contributed by atoms with Gasteiger partial charge in [-0.3, -0.25) is 52.7 Å². The number of hydrogen-bond acceptors (Lipinski definition) is 16. The molecule has 5 rings (SSSR count). The minimum Gasteiger partial charge on any atom is -0.480 e. The van der Waals surface area contributed by atoms with Crippen molar-refractivity contribution < 1.29 is 77.0 Å². The van der Waals surface area contributed by atoms with Crippen LogP contribution in [0.2, 0.25) is 0 Å². The maximum Gasteiger partial charge on any atom is 0.329 e. The number of carboxylic acid groups (broad SMARTS) is 1. The summed E-state index contributed by atoms with van der Waals surface area (Å²) in [5, 5.41) is 24.0. The Balaban J connectivity index is 1.05. The number of carboxylic acids is 1. The fourth-order valence-corrected chi connectivity index (χ4v) is 11.2. The number of fused-ring (bicyclic) bond motifs is 1. The molecule has 6 N–H and O–H groups in total. The molecule has 25 heteroatoms. The summed E-state index contributed by atoms with van der Waals surface area (Å²) in [6.07, 6.45) is 2.19. The molecule has 454 valence electrons. The van der Waals surface area contributed by atoms with Gasteiger partial charge >= 0.3 is 23.9 Å².